The molecule has 20 heavy (non-hydrogen) atoms. The van der Waals surface area contributed by atoms with Crippen LogP contribution in [0.4, 0.5) is 0 Å². The third kappa shape index (κ3) is 2.61. The number of esters is 1. The first-order valence-corrected chi connectivity index (χ1v) is 6.19. The zero-order chi connectivity index (χ0) is 14.7. The molecule has 0 aliphatic carbocycles. The number of rotatable bonds is 2. The van der Waals surface area contributed by atoms with Crippen molar-refractivity contribution in [1.82, 2.24) is 15.0 Å². The van der Waals surface area contributed by atoms with Crippen molar-refractivity contribution in [1.29, 1.82) is 0 Å². The first-order valence-electron chi connectivity index (χ1n) is 6.19. The molecule has 2 heterocycles. The smallest absolute Gasteiger partial charge is 0.339 e. The fraction of sp³-hybridized carbons (Fsp3) is 0.385. The average molecular weight is 277 g/mol. The highest BCUT2D eigenvalue weighted by Crippen LogP contribution is 2.14. The first-order chi connectivity index (χ1) is 9.54. The van der Waals surface area contributed by atoms with E-state index in [2.05, 4.69) is 9.72 Å². The molecule has 1 aromatic heterocycles. The summed E-state index contributed by atoms with van der Waals surface area (Å²) in [7, 11) is 1.27. The van der Waals surface area contributed by atoms with Gasteiger partial charge in [0.15, 0.2) is 0 Å². The summed E-state index contributed by atoms with van der Waals surface area (Å²) >= 11 is 0. The summed E-state index contributed by atoms with van der Waals surface area (Å²) in [6, 6.07) is 2.92. The summed E-state index contributed by atoms with van der Waals surface area (Å²) in [5.74, 6) is -1.04. The minimum atomic E-state index is -0.511. The van der Waals surface area contributed by atoms with Crippen LogP contribution < -0.4 is 0 Å². The number of ether oxygens (including phenoxy) is 1. The number of methoxy groups -OCH3 is 1. The van der Waals surface area contributed by atoms with Gasteiger partial charge in [0, 0.05) is 26.2 Å². The van der Waals surface area contributed by atoms with E-state index in [1.54, 1.807) is 0 Å². The SMILES string of the molecule is COC(=O)c1ccc(C(=O)N2CCCN2C(C)=O)nc1. The van der Waals surface area contributed by atoms with Gasteiger partial charge in [-0.1, -0.05) is 0 Å². The standard InChI is InChI=1S/C13H15N3O4/c1-9(17)15-6-3-7-16(15)12(18)11-5-4-10(8-14-11)13(19)20-2/h4-5,8H,3,6-7H2,1-2H3. The molecular formula is C13H15N3O4. The van der Waals surface area contributed by atoms with Gasteiger partial charge in [-0.3, -0.25) is 19.6 Å². The summed E-state index contributed by atoms with van der Waals surface area (Å²) in [6.45, 7) is 2.43. The van der Waals surface area contributed by atoms with Crippen LogP contribution in [0.25, 0.3) is 0 Å². The van der Waals surface area contributed by atoms with Gasteiger partial charge >= 0.3 is 5.97 Å². The Labute approximate surface area is 116 Å². The predicted molar refractivity (Wildman–Crippen MR) is 68.6 cm³/mol. The van der Waals surface area contributed by atoms with E-state index in [1.807, 2.05) is 0 Å². The molecule has 0 spiro atoms. The molecular weight excluding hydrogens is 262 g/mol. The van der Waals surface area contributed by atoms with Crippen LogP contribution in [-0.2, 0) is 9.53 Å². The van der Waals surface area contributed by atoms with E-state index in [-0.39, 0.29) is 23.1 Å². The van der Waals surface area contributed by atoms with Crippen LogP contribution >= 0.6 is 0 Å². The topological polar surface area (TPSA) is 79.8 Å². The Kier molecular flexibility index (Phi) is 3.97. The predicted octanol–water partition coefficient (Wildman–Crippen LogP) is 0.478. The molecule has 1 aliphatic heterocycles. The Morgan fingerprint density at radius 3 is 2.45 bits per heavy atom. The van der Waals surface area contributed by atoms with E-state index in [0.717, 1.165) is 6.42 Å². The molecule has 0 bridgehead atoms. The molecule has 0 N–H and O–H groups in total. The van der Waals surface area contributed by atoms with Gasteiger partial charge in [0.25, 0.3) is 5.91 Å². The maximum atomic E-state index is 12.3. The van der Waals surface area contributed by atoms with Crippen molar-refractivity contribution in [3.8, 4) is 0 Å². The van der Waals surface area contributed by atoms with Gasteiger partial charge in [-0.15, -0.1) is 0 Å². The molecule has 1 aromatic rings. The van der Waals surface area contributed by atoms with Crippen molar-refractivity contribution >= 4 is 17.8 Å². The summed E-state index contributed by atoms with van der Waals surface area (Å²) in [5, 5.41) is 2.78. The lowest BCUT2D eigenvalue weighted by Gasteiger charge is -2.26. The van der Waals surface area contributed by atoms with Crippen LogP contribution in [0.2, 0.25) is 0 Å². The Hall–Kier alpha value is -2.44. The van der Waals surface area contributed by atoms with Crippen LogP contribution in [0, 0.1) is 0 Å². The zero-order valence-electron chi connectivity index (χ0n) is 11.3. The Bertz CT molecular complexity index is 541. The molecule has 0 aromatic carbocycles. The van der Waals surface area contributed by atoms with Gasteiger partial charge < -0.3 is 4.74 Å². The van der Waals surface area contributed by atoms with E-state index < -0.39 is 5.97 Å². The fourth-order valence-electron chi connectivity index (χ4n) is 2.04. The molecule has 0 atom stereocenters. The molecule has 0 unspecified atom stereocenters. The number of carbonyl (C=O) groups excluding carboxylic acids is 3. The van der Waals surface area contributed by atoms with Crippen LogP contribution in [0.3, 0.4) is 0 Å². The summed E-state index contributed by atoms with van der Waals surface area (Å²) in [4.78, 5) is 38.9. The Morgan fingerprint density at radius 1 is 1.20 bits per heavy atom. The fourth-order valence-corrected chi connectivity index (χ4v) is 2.04. The maximum absolute atomic E-state index is 12.3. The van der Waals surface area contributed by atoms with E-state index >= 15 is 0 Å². The van der Waals surface area contributed by atoms with Gasteiger partial charge in [0.05, 0.1) is 12.7 Å². The number of hydrogen-bond acceptors (Lipinski definition) is 5. The third-order valence-corrected chi connectivity index (χ3v) is 3.03. The molecule has 2 amide bonds. The van der Waals surface area contributed by atoms with Gasteiger partial charge in [-0.05, 0) is 18.6 Å². The summed E-state index contributed by atoms with van der Waals surface area (Å²) in [5.41, 5.74) is 0.458. The normalized spacial score (nSPS) is 14.3. The Balaban J connectivity index is 2.17. The van der Waals surface area contributed by atoms with Crippen LogP contribution in [0.5, 0.6) is 0 Å². The van der Waals surface area contributed by atoms with Crippen molar-refractivity contribution in [2.45, 2.75) is 13.3 Å². The monoisotopic (exact) mass is 277 g/mol. The van der Waals surface area contributed by atoms with E-state index in [4.69, 9.17) is 0 Å². The highest BCUT2D eigenvalue weighted by molar-refractivity contribution is 5.95. The van der Waals surface area contributed by atoms with E-state index in [0.29, 0.717) is 13.1 Å². The van der Waals surface area contributed by atoms with E-state index in [9.17, 15) is 14.4 Å². The van der Waals surface area contributed by atoms with Gasteiger partial charge in [0.1, 0.15) is 5.69 Å². The quantitative estimate of drug-likeness (QED) is 0.734. The van der Waals surface area contributed by atoms with Crippen molar-refractivity contribution in [2.24, 2.45) is 0 Å². The number of aromatic nitrogens is 1. The molecule has 0 saturated carbocycles. The molecule has 7 heteroatoms. The molecule has 106 valence electrons. The van der Waals surface area contributed by atoms with Gasteiger partial charge in [-0.25, -0.2) is 9.80 Å². The van der Waals surface area contributed by atoms with Gasteiger partial charge in [0.2, 0.25) is 5.91 Å². The first kappa shape index (κ1) is 14.0. The van der Waals surface area contributed by atoms with Crippen molar-refractivity contribution in [3.05, 3.63) is 29.6 Å². The van der Waals surface area contributed by atoms with Crippen LogP contribution in [0.1, 0.15) is 34.2 Å². The third-order valence-electron chi connectivity index (χ3n) is 3.03. The second-order valence-electron chi connectivity index (χ2n) is 4.35. The summed E-state index contributed by atoms with van der Waals surface area (Å²) < 4.78 is 4.56. The maximum Gasteiger partial charge on any atom is 0.339 e. The van der Waals surface area contributed by atoms with Crippen molar-refractivity contribution < 1.29 is 19.1 Å². The highest BCUT2D eigenvalue weighted by atomic mass is 16.5. The van der Waals surface area contributed by atoms with Crippen molar-refractivity contribution in [2.75, 3.05) is 20.2 Å². The number of carbonyl (C=O) groups is 3. The zero-order valence-corrected chi connectivity index (χ0v) is 11.3. The molecule has 1 fully saturated rings. The molecule has 7 nitrogen and oxygen atoms in total. The number of hydrogen-bond donors (Lipinski definition) is 0. The van der Waals surface area contributed by atoms with Gasteiger partial charge in [-0.2, -0.15) is 0 Å². The second-order valence-corrected chi connectivity index (χ2v) is 4.35. The second kappa shape index (κ2) is 5.68. The van der Waals surface area contributed by atoms with Crippen LogP contribution in [-0.4, -0.2) is 53.0 Å². The molecule has 1 saturated heterocycles. The number of nitrogens with zero attached hydrogens (tertiary/aromatic N) is 3. The largest absolute Gasteiger partial charge is 0.465 e. The van der Waals surface area contributed by atoms with Crippen molar-refractivity contribution in [3.63, 3.8) is 0 Å². The minimum Gasteiger partial charge on any atom is -0.465 e. The molecule has 2 rings (SSSR count). The summed E-state index contributed by atoms with van der Waals surface area (Å²) in [6.07, 6.45) is 2.03. The lowest BCUT2D eigenvalue weighted by Crippen LogP contribution is -2.44. The molecule has 0 radical (unpaired) electrons. The van der Waals surface area contributed by atoms with E-state index in [1.165, 1.54) is 42.4 Å². The lowest BCUT2D eigenvalue weighted by atomic mass is 10.2. The molecule has 1 aliphatic rings. The number of pyridine rings is 1. The number of amides is 2. The highest BCUT2D eigenvalue weighted by Gasteiger charge is 2.30. The Morgan fingerprint density at radius 2 is 1.90 bits per heavy atom. The number of hydrazine groups is 1. The average Bonchev–Trinajstić information content (AvgIpc) is 2.95. The lowest BCUT2D eigenvalue weighted by molar-refractivity contribution is -0.138. The minimum absolute atomic E-state index is 0.179. The van der Waals surface area contributed by atoms with Crippen LogP contribution in [0.15, 0.2) is 18.3 Å².